The molecule has 0 aliphatic carbocycles. The number of benzene rings is 2. The summed E-state index contributed by atoms with van der Waals surface area (Å²) in [7, 11) is 0. The number of nitrogens with one attached hydrogen (secondary N) is 1. The first-order valence-corrected chi connectivity index (χ1v) is 7.37. The molecule has 7 heteroatoms. The number of hydrogen-bond donors (Lipinski definition) is 1. The van der Waals surface area contributed by atoms with Crippen LogP contribution in [0.3, 0.4) is 0 Å². The molecule has 2 aromatic rings. The average Bonchev–Trinajstić information content (AvgIpc) is 2.82. The van der Waals surface area contributed by atoms with Crippen LogP contribution in [0.25, 0.3) is 6.08 Å². The van der Waals surface area contributed by atoms with Crippen LogP contribution in [0.1, 0.15) is 11.1 Å². The van der Waals surface area contributed by atoms with Crippen LogP contribution in [0.2, 0.25) is 0 Å². The van der Waals surface area contributed by atoms with E-state index in [9.17, 15) is 18.0 Å². The smallest absolute Gasteiger partial charge is 0.327 e. The molecule has 0 aromatic heterocycles. The second-order valence-corrected chi connectivity index (χ2v) is 5.44. The Labute approximate surface area is 141 Å². The van der Waals surface area contributed by atoms with Crippen molar-refractivity contribution in [3.63, 3.8) is 0 Å². The number of carbonyl (C=O) groups is 1. The second-order valence-electron chi connectivity index (χ2n) is 5.05. The average molecular weight is 348 g/mol. The summed E-state index contributed by atoms with van der Waals surface area (Å²) in [5, 5.41) is 2.81. The zero-order valence-corrected chi connectivity index (χ0v) is 13.0. The fraction of sp³-hybridized carbons (Fsp3) is 0.0588. The van der Waals surface area contributed by atoms with Crippen LogP contribution in [0.4, 0.5) is 18.9 Å². The molecule has 0 unspecified atom stereocenters. The lowest BCUT2D eigenvalue weighted by molar-refractivity contribution is -0.137. The van der Waals surface area contributed by atoms with E-state index >= 15 is 0 Å². The maximum absolute atomic E-state index is 13.1. The fourth-order valence-electron chi connectivity index (χ4n) is 2.38. The first kappa shape index (κ1) is 16.2. The molecule has 0 atom stereocenters. The highest BCUT2D eigenvalue weighted by Crippen LogP contribution is 2.33. The summed E-state index contributed by atoms with van der Waals surface area (Å²) in [5.41, 5.74) is -0.359. The Bertz CT molecular complexity index is 831. The van der Waals surface area contributed by atoms with Gasteiger partial charge in [0.15, 0.2) is 5.11 Å². The molecule has 3 nitrogen and oxygen atoms in total. The maximum atomic E-state index is 13.1. The number of alkyl halides is 3. The number of carbonyl (C=O) groups excluding carboxylic acids is 1. The van der Waals surface area contributed by atoms with Gasteiger partial charge >= 0.3 is 6.18 Å². The number of para-hydroxylation sites is 1. The summed E-state index contributed by atoms with van der Waals surface area (Å²) in [6, 6.07) is 13.7. The molecule has 122 valence electrons. The SMILES string of the molecule is O=C1C(=Cc2ccccc2C(F)(F)F)NC(=S)N1c1ccccc1. The predicted molar refractivity (Wildman–Crippen MR) is 89.1 cm³/mol. The summed E-state index contributed by atoms with van der Waals surface area (Å²) >= 11 is 5.13. The van der Waals surface area contributed by atoms with Crippen molar-refractivity contribution in [2.75, 3.05) is 4.90 Å². The van der Waals surface area contributed by atoms with Gasteiger partial charge in [-0.25, -0.2) is 0 Å². The highest BCUT2D eigenvalue weighted by molar-refractivity contribution is 7.80. The minimum atomic E-state index is -4.51. The Kier molecular flexibility index (Phi) is 4.11. The predicted octanol–water partition coefficient (Wildman–Crippen LogP) is 3.97. The molecule has 1 aliphatic rings. The van der Waals surface area contributed by atoms with E-state index in [0.29, 0.717) is 5.69 Å². The topological polar surface area (TPSA) is 32.3 Å². The first-order chi connectivity index (χ1) is 11.4. The number of nitrogens with zero attached hydrogens (tertiary/aromatic N) is 1. The van der Waals surface area contributed by atoms with Crippen molar-refractivity contribution in [3.8, 4) is 0 Å². The van der Waals surface area contributed by atoms with Crippen molar-refractivity contribution in [1.29, 1.82) is 0 Å². The van der Waals surface area contributed by atoms with E-state index in [0.717, 1.165) is 6.07 Å². The summed E-state index contributed by atoms with van der Waals surface area (Å²) in [4.78, 5) is 13.8. The van der Waals surface area contributed by atoms with Gasteiger partial charge in [-0.3, -0.25) is 9.69 Å². The van der Waals surface area contributed by atoms with E-state index in [-0.39, 0.29) is 16.4 Å². The molecular formula is C17H11F3N2OS. The van der Waals surface area contributed by atoms with Crippen molar-refractivity contribution in [2.45, 2.75) is 6.18 Å². The van der Waals surface area contributed by atoms with Crippen LogP contribution >= 0.6 is 12.2 Å². The zero-order chi connectivity index (χ0) is 17.3. The third-order valence-electron chi connectivity index (χ3n) is 3.46. The van der Waals surface area contributed by atoms with E-state index in [4.69, 9.17) is 12.2 Å². The third-order valence-corrected chi connectivity index (χ3v) is 3.74. The lowest BCUT2D eigenvalue weighted by Gasteiger charge is -2.13. The summed E-state index contributed by atoms with van der Waals surface area (Å²) in [6.45, 7) is 0. The molecule has 1 saturated heterocycles. The third kappa shape index (κ3) is 3.03. The molecule has 1 amide bonds. The van der Waals surface area contributed by atoms with E-state index < -0.39 is 17.6 Å². The van der Waals surface area contributed by atoms with Gasteiger partial charge in [0.1, 0.15) is 5.70 Å². The number of anilines is 1. The first-order valence-electron chi connectivity index (χ1n) is 6.96. The molecule has 1 N–H and O–H groups in total. The largest absolute Gasteiger partial charge is 0.416 e. The molecule has 24 heavy (non-hydrogen) atoms. The molecule has 3 rings (SSSR count). The molecule has 1 heterocycles. The Balaban J connectivity index is 1.99. The van der Waals surface area contributed by atoms with Crippen LogP contribution in [-0.2, 0) is 11.0 Å². The summed E-state index contributed by atoms with van der Waals surface area (Å²) < 4.78 is 39.2. The van der Waals surface area contributed by atoms with Crippen LogP contribution in [0, 0.1) is 0 Å². The number of amides is 1. The Hall–Kier alpha value is -2.67. The summed E-state index contributed by atoms with van der Waals surface area (Å²) in [6.07, 6.45) is -3.34. The van der Waals surface area contributed by atoms with E-state index in [1.807, 2.05) is 0 Å². The van der Waals surface area contributed by atoms with Crippen LogP contribution < -0.4 is 10.2 Å². The van der Waals surface area contributed by atoms with Gasteiger partial charge in [0.2, 0.25) is 0 Å². The van der Waals surface area contributed by atoms with Gasteiger partial charge in [-0.2, -0.15) is 13.2 Å². The number of thiocarbonyl (C=S) groups is 1. The Morgan fingerprint density at radius 2 is 1.62 bits per heavy atom. The minimum absolute atomic E-state index is 0.000512. The molecule has 1 aliphatic heterocycles. The molecule has 0 saturated carbocycles. The van der Waals surface area contributed by atoms with Crippen molar-refractivity contribution in [3.05, 3.63) is 71.4 Å². The molecule has 0 radical (unpaired) electrons. The monoisotopic (exact) mass is 348 g/mol. The van der Waals surface area contributed by atoms with E-state index in [1.165, 1.54) is 29.2 Å². The van der Waals surface area contributed by atoms with Gasteiger partial charge in [0.25, 0.3) is 5.91 Å². The second kappa shape index (κ2) is 6.09. The maximum Gasteiger partial charge on any atom is 0.416 e. The molecule has 1 fully saturated rings. The molecule has 0 spiro atoms. The Morgan fingerprint density at radius 3 is 2.29 bits per heavy atom. The van der Waals surface area contributed by atoms with Crippen LogP contribution in [-0.4, -0.2) is 11.0 Å². The lowest BCUT2D eigenvalue weighted by Crippen LogP contribution is -2.30. The van der Waals surface area contributed by atoms with Crippen LogP contribution in [0.15, 0.2) is 60.3 Å². The zero-order valence-electron chi connectivity index (χ0n) is 12.2. The Morgan fingerprint density at radius 1 is 1.00 bits per heavy atom. The van der Waals surface area contributed by atoms with Gasteiger partial charge in [-0.15, -0.1) is 0 Å². The number of rotatable bonds is 2. The quantitative estimate of drug-likeness (QED) is 0.658. The summed E-state index contributed by atoms with van der Waals surface area (Å²) in [5.74, 6) is -0.497. The minimum Gasteiger partial charge on any atom is -0.327 e. The number of hydrogen-bond acceptors (Lipinski definition) is 2. The number of halogens is 3. The highest BCUT2D eigenvalue weighted by atomic mass is 32.1. The van der Waals surface area contributed by atoms with Gasteiger partial charge in [-0.05, 0) is 42.1 Å². The molecule has 0 bridgehead atoms. The van der Waals surface area contributed by atoms with Crippen molar-refractivity contribution in [1.82, 2.24) is 5.32 Å². The van der Waals surface area contributed by atoms with Crippen molar-refractivity contribution in [2.24, 2.45) is 0 Å². The fourth-order valence-corrected chi connectivity index (χ4v) is 2.68. The molecule has 2 aromatic carbocycles. The lowest BCUT2D eigenvalue weighted by atomic mass is 10.1. The van der Waals surface area contributed by atoms with Gasteiger partial charge < -0.3 is 5.32 Å². The van der Waals surface area contributed by atoms with Gasteiger partial charge in [0, 0.05) is 0 Å². The van der Waals surface area contributed by atoms with E-state index in [1.54, 1.807) is 30.3 Å². The van der Waals surface area contributed by atoms with Crippen molar-refractivity contribution < 1.29 is 18.0 Å². The van der Waals surface area contributed by atoms with Gasteiger partial charge in [-0.1, -0.05) is 36.4 Å². The van der Waals surface area contributed by atoms with E-state index in [2.05, 4.69) is 5.32 Å². The standard InChI is InChI=1S/C17H11F3N2OS/c18-17(19,20)13-9-5-4-6-11(13)10-14-15(23)22(16(24)21-14)12-7-2-1-3-8-12/h1-10H,(H,21,24). The molecular weight excluding hydrogens is 337 g/mol. The van der Waals surface area contributed by atoms with Gasteiger partial charge in [0.05, 0.1) is 11.3 Å². The normalized spacial score (nSPS) is 16.6. The van der Waals surface area contributed by atoms with Crippen molar-refractivity contribution >= 4 is 35.0 Å². The highest BCUT2D eigenvalue weighted by Gasteiger charge is 2.35. The van der Waals surface area contributed by atoms with Crippen LogP contribution in [0.5, 0.6) is 0 Å².